The fourth-order valence-corrected chi connectivity index (χ4v) is 2.13. The molecule has 1 saturated heterocycles. The maximum Gasteiger partial charge on any atom is 0.312 e. The highest BCUT2D eigenvalue weighted by atomic mass is 16.2. The van der Waals surface area contributed by atoms with Crippen molar-refractivity contribution >= 4 is 17.5 Å². The average molecular weight is 262 g/mol. The second kappa shape index (κ2) is 5.69. The van der Waals surface area contributed by atoms with E-state index in [0.29, 0.717) is 37.6 Å². The molecule has 1 aromatic rings. The predicted octanol–water partition coefficient (Wildman–Crippen LogP) is 0.245. The molecule has 1 fully saturated rings. The minimum atomic E-state index is -0.455. The van der Waals surface area contributed by atoms with Gasteiger partial charge in [-0.3, -0.25) is 14.6 Å². The Morgan fingerprint density at radius 2 is 1.95 bits per heavy atom. The number of hydrogen-bond donors (Lipinski definition) is 1. The van der Waals surface area contributed by atoms with Crippen molar-refractivity contribution in [2.24, 2.45) is 0 Å². The number of carbonyl (C=O) groups is 2. The van der Waals surface area contributed by atoms with Gasteiger partial charge in [-0.25, -0.2) is 0 Å². The van der Waals surface area contributed by atoms with Crippen molar-refractivity contribution in [2.75, 3.05) is 25.4 Å². The molecule has 19 heavy (non-hydrogen) atoms. The van der Waals surface area contributed by atoms with Gasteiger partial charge in [0.1, 0.15) is 0 Å². The molecule has 6 nitrogen and oxygen atoms in total. The fraction of sp³-hybridized carbons (Fsp3) is 0.462. The van der Waals surface area contributed by atoms with Crippen LogP contribution in [0, 0.1) is 0 Å². The Labute approximate surface area is 112 Å². The molecule has 1 aliphatic rings. The van der Waals surface area contributed by atoms with E-state index in [9.17, 15) is 9.59 Å². The normalized spacial score (nSPS) is 16.1. The molecule has 0 radical (unpaired) electrons. The van der Waals surface area contributed by atoms with Crippen LogP contribution in [-0.2, 0) is 16.1 Å². The Bertz CT molecular complexity index is 489. The summed E-state index contributed by atoms with van der Waals surface area (Å²) in [6.07, 6.45) is 2.46. The largest absolute Gasteiger partial charge is 0.399 e. The van der Waals surface area contributed by atoms with Crippen LogP contribution >= 0.6 is 0 Å². The van der Waals surface area contributed by atoms with Crippen molar-refractivity contribution in [3.8, 4) is 0 Å². The molecule has 0 saturated carbocycles. The number of pyridine rings is 1. The van der Waals surface area contributed by atoms with Crippen molar-refractivity contribution in [3.05, 3.63) is 24.0 Å². The summed E-state index contributed by atoms with van der Waals surface area (Å²) in [6, 6.07) is 3.41. The van der Waals surface area contributed by atoms with E-state index in [-0.39, 0.29) is 0 Å². The first kappa shape index (κ1) is 13.3. The number of anilines is 1. The third-order valence-electron chi connectivity index (χ3n) is 3.08. The van der Waals surface area contributed by atoms with Gasteiger partial charge in [-0.2, -0.15) is 0 Å². The molecule has 0 atom stereocenters. The van der Waals surface area contributed by atoms with Crippen LogP contribution in [-0.4, -0.2) is 46.2 Å². The molecule has 102 valence electrons. The van der Waals surface area contributed by atoms with E-state index < -0.39 is 11.8 Å². The summed E-state index contributed by atoms with van der Waals surface area (Å²) in [5, 5.41) is 0. The molecule has 0 unspecified atom stereocenters. The number of carbonyl (C=O) groups excluding carboxylic acids is 2. The zero-order valence-electron chi connectivity index (χ0n) is 11.0. The van der Waals surface area contributed by atoms with Gasteiger partial charge in [-0.1, -0.05) is 6.92 Å². The molecular formula is C13H18N4O2. The summed E-state index contributed by atoms with van der Waals surface area (Å²) in [7, 11) is 0. The predicted molar refractivity (Wildman–Crippen MR) is 70.9 cm³/mol. The number of rotatable bonds is 4. The van der Waals surface area contributed by atoms with Gasteiger partial charge in [0.05, 0.1) is 12.2 Å². The van der Waals surface area contributed by atoms with Gasteiger partial charge in [0.15, 0.2) is 0 Å². The maximum absolute atomic E-state index is 12.0. The smallest absolute Gasteiger partial charge is 0.312 e. The van der Waals surface area contributed by atoms with E-state index in [1.54, 1.807) is 23.2 Å². The van der Waals surface area contributed by atoms with Crippen LogP contribution in [0.2, 0.25) is 0 Å². The molecular weight excluding hydrogens is 244 g/mol. The van der Waals surface area contributed by atoms with Crippen LogP contribution in [0.3, 0.4) is 0 Å². The number of nitrogens with two attached hydrogens (primary N) is 1. The highest BCUT2D eigenvalue weighted by Crippen LogP contribution is 2.11. The molecule has 2 heterocycles. The molecule has 2 rings (SSSR count). The van der Waals surface area contributed by atoms with Crippen LogP contribution < -0.4 is 5.73 Å². The molecule has 0 bridgehead atoms. The third kappa shape index (κ3) is 3.01. The van der Waals surface area contributed by atoms with Crippen molar-refractivity contribution in [1.82, 2.24) is 14.8 Å². The molecule has 0 aromatic carbocycles. The lowest BCUT2D eigenvalue weighted by atomic mass is 10.2. The summed E-state index contributed by atoms with van der Waals surface area (Å²) in [6.45, 7) is 4.08. The van der Waals surface area contributed by atoms with Gasteiger partial charge >= 0.3 is 11.8 Å². The van der Waals surface area contributed by atoms with Crippen LogP contribution in [0.25, 0.3) is 0 Å². The fourth-order valence-electron chi connectivity index (χ4n) is 2.13. The number of piperazine rings is 1. The number of nitrogen functional groups attached to an aromatic ring is 1. The summed E-state index contributed by atoms with van der Waals surface area (Å²) in [5.74, 6) is -0.874. The van der Waals surface area contributed by atoms with Gasteiger partial charge in [0, 0.05) is 31.5 Å². The van der Waals surface area contributed by atoms with E-state index in [1.807, 2.05) is 6.92 Å². The zero-order valence-corrected chi connectivity index (χ0v) is 11.0. The van der Waals surface area contributed by atoms with Crippen LogP contribution in [0.4, 0.5) is 5.69 Å². The summed E-state index contributed by atoms with van der Waals surface area (Å²) in [5.41, 5.74) is 6.97. The van der Waals surface area contributed by atoms with E-state index in [4.69, 9.17) is 5.73 Å². The summed E-state index contributed by atoms with van der Waals surface area (Å²) in [4.78, 5) is 31.1. The van der Waals surface area contributed by atoms with E-state index in [2.05, 4.69) is 4.98 Å². The van der Waals surface area contributed by atoms with Crippen LogP contribution in [0.15, 0.2) is 18.3 Å². The molecule has 0 aliphatic carbocycles. The number of hydrogen-bond acceptors (Lipinski definition) is 4. The topological polar surface area (TPSA) is 79.5 Å². The number of aromatic nitrogens is 1. The second-order valence-electron chi connectivity index (χ2n) is 4.60. The highest BCUT2D eigenvalue weighted by molar-refractivity contribution is 6.35. The molecule has 2 N–H and O–H groups in total. The van der Waals surface area contributed by atoms with Gasteiger partial charge in [-0.05, 0) is 18.6 Å². The van der Waals surface area contributed by atoms with E-state index in [1.165, 1.54) is 4.90 Å². The monoisotopic (exact) mass is 262 g/mol. The molecule has 6 heteroatoms. The average Bonchev–Trinajstić information content (AvgIpc) is 2.39. The van der Waals surface area contributed by atoms with Crippen molar-refractivity contribution in [1.29, 1.82) is 0 Å². The van der Waals surface area contributed by atoms with Crippen LogP contribution in [0.5, 0.6) is 0 Å². The first-order valence-electron chi connectivity index (χ1n) is 6.40. The van der Waals surface area contributed by atoms with E-state index in [0.717, 1.165) is 6.42 Å². The standard InChI is InChI=1S/C13H18N4O2/c1-2-5-16-6-7-17(13(19)12(16)18)9-11-8-10(14)3-4-15-11/h3-4,8H,2,5-7,9H2,1H3,(H2,14,15). The highest BCUT2D eigenvalue weighted by Gasteiger charge is 2.31. The number of nitrogens with zero attached hydrogens (tertiary/aromatic N) is 3. The Morgan fingerprint density at radius 1 is 1.26 bits per heavy atom. The minimum Gasteiger partial charge on any atom is -0.399 e. The second-order valence-corrected chi connectivity index (χ2v) is 4.60. The molecule has 1 aromatic heterocycles. The van der Waals surface area contributed by atoms with Gasteiger partial charge in [0.25, 0.3) is 0 Å². The minimum absolute atomic E-state index is 0.329. The third-order valence-corrected chi connectivity index (χ3v) is 3.08. The number of amides is 2. The van der Waals surface area contributed by atoms with Crippen LogP contribution in [0.1, 0.15) is 19.0 Å². The summed E-state index contributed by atoms with van der Waals surface area (Å²) >= 11 is 0. The SMILES string of the molecule is CCCN1CCN(Cc2cc(N)ccn2)C(=O)C1=O. The van der Waals surface area contributed by atoms with Gasteiger partial charge in [-0.15, -0.1) is 0 Å². The first-order chi connectivity index (χ1) is 9.11. The lowest BCUT2D eigenvalue weighted by molar-refractivity contribution is -0.156. The molecule has 2 amide bonds. The molecule has 1 aliphatic heterocycles. The quantitative estimate of drug-likeness (QED) is 0.789. The summed E-state index contributed by atoms with van der Waals surface area (Å²) < 4.78 is 0. The van der Waals surface area contributed by atoms with Crippen molar-refractivity contribution < 1.29 is 9.59 Å². The Kier molecular flexibility index (Phi) is 3.99. The van der Waals surface area contributed by atoms with Crippen molar-refractivity contribution in [2.45, 2.75) is 19.9 Å². The van der Waals surface area contributed by atoms with Crippen molar-refractivity contribution in [3.63, 3.8) is 0 Å². The molecule has 0 spiro atoms. The lowest BCUT2D eigenvalue weighted by Gasteiger charge is -2.33. The Balaban J connectivity index is 2.03. The first-order valence-corrected chi connectivity index (χ1v) is 6.40. The van der Waals surface area contributed by atoms with Gasteiger partial charge < -0.3 is 15.5 Å². The lowest BCUT2D eigenvalue weighted by Crippen LogP contribution is -2.54. The Morgan fingerprint density at radius 3 is 2.63 bits per heavy atom. The maximum atomic E-state index is 12.0. The zero-order chi connectivity index (χ0) is 13.8. The van der Waals surface area contributed by atoms with Gasteiger partial charge in [0.2, 0.25) is 0 Å². The van der Waals surface area contributed by atoms with E-state index >= 15 is 0 Å². The Hall–Kier alpha value is -2.11.